The molecule has 3 aromatic heterocycles. The molecule has 0 bridgehead atoms. The molecule has 2 N–H and O–H groups in total. The molecule has 0 atom stereocenters. The normalized spacial score (nSPS) is 14.5. The van der Waals surface area contributed by atoms with Gasteiger partial charge >= 0.3 is 0 Å². The van der Waals surface area contributed by atoms with Gasteiger partial charge in [0.25, 0.3) is 0 Å². The van der Waals surface area contributed by atoms with Gasteiger partial charge in [0.2, 0.25) is 5.95 Å². The molecule has 0 unspecified atom stereocenters. The third kappa shape index (κ3) is 3.08. The zero-order chi connectivity index (χ0) is 20.8. The van der Waals surface area contributed by atoms with Crippen molar-refractivity contribution in [2.45, 2.75) is 0 Å². The molecule has 4 heterocycles. The van der Waals surface area contributed by atoms with Crippen molar-refractivity contribution in [3.8, 4) is 22.7 Å². The fourth-order valence-electron chi connectivity index (χ4n) is 4.06. The number of aromatic amines is 1. The molecule has 8 heteroatoms. The predicted octanol–water partition coefficient (Wildman–Crippen LogP) is 3.51. The van der Waals surface area contributed by atoms with Crippen LogP contribution in [-0.4, -0.2) is 55.9 Å². The van der Waals surface area contributed by atoms with Crippen LogP contribution in [0.15, 0.2) is 61.1 Å². The molecular formula is C23H20N6O2. The number of aromatic hydroxyl groups is 1. The summed E-state index contributed by atoms with van der Waals surface area (Å²) in [5.41, 5.74) is 5.33. The van der Waals surface area contributed by atoms with Crippen LogP contribution in [0, 0.1) is 0 Å². The molecule has 1 aliphatic heterocycles. The fraction of sp³-hybridized carbons (Fsp3) is 0.174. The van der Waals surface area contributed by atoms with Crippen LogP contribution >= 0.6 is 0 Å². The van der Waals surface area contributed by atoms with E-state index in [-0.39, 0.29) is 5.75 Å². The Morgan fingerprint density at radius 1 is 1.00 bits per heavy atom. The summed E-state index contributed by atoms with van der Waals surface area (Å²) in [4.78, 5) is 19.5. The molecule has 0 aliphatic carbocycles. The van der Waals surface area contributed by atoms with Gasteiger partial charge in [0.15, 0.2) is 5.65 Å². The topological polar surface area (TPSA) is 92.1 Å². The molecule has 5 aromatic rings. The lowest BCUT2D eigenvalue weighted by Crippen LogP contribution is -2.37. The first-order valence-electron chi connectivity index (χ1n) is 10.2. The van der Waals surface area contributed by atoms with E-state index in [4.69, 9.17) is 14.7 Å². The lowest BCUT2D eigenvalue weighted by molar-refractivity contribution is 0.122. The van der Waals surface area contributed by atoms with E-state index in [1.807, 2.05) is 36.5 Å². The minimum atomic E-state index is 0.210. The van der Waals surface area contributed by atoms with Gasteiger partial charge in [-0.1, -0.05) is 12.1 Å². The Morgan fingerprint density at radius 2 is 1.90 bits per heavy atom. The standard InChI is InChI=1S/C23H20N6O2/c30-17-3-1-2-15(12-17)21-18-6-7-29(16-4-5-19-20(13-16)25-14-24-19)22(18)27-23(26-21)28-8-10-31-11-9-28/h1-7,12-14,30H,8-11H2,(H,24,25). The van der Waals surface area contributed by atoms with Crippen LogP contribution in [0.2, 0.25) is 0 Å². The Bertz CT molecular complexity index is 1400. The van der Waals surface area contributed by atoms with Crippen LogP contribution in [0.4, 0.5) is 5.95 Å². The van der Waals surface area contributed by atoms with Gasteiger partial charge in [0, 0.05) is 35.9 Å². The van der Waals surface area contributed by atoms with Crippen molar-refractivity contribution in [3.63, 3.8) is 0 Å². The zero-order valence-electron chi connectivity index (χ0n) is 16.7. The van der Waals surface area contributed by atoms with Gasteiger partial charge < -0.3 is 24.3 Å². The van der Waals surface area contributed by atoms with Crippen molar-refractivity contribution in [1.29, 1.82) is 0 Å². The third-order valence-corrected chi connectivity index (χ3v) is 5.63. The Kier molecular flexibility index (Phi) is 4.10. The number of H-pyrrole nitrogens is 1. The lowest BCUT2D eigenvalue weighted by Gasteiger charge is -2.27. The summed E-state index contributed by atoms with van der Waals surface area (Å²) in [6, 6.07) is 15.3. The molecule has 0 spiro atoms. The first-order chi connectivity index (χ1) is 15.3. The van der Waals surface area contributed by atoms with Gasteiger partial charge in [0.1, 0.15) is 5.75 Å². The molecule has 1 aliphatic rings. The Balaban J connectivity index is 1.58. The second-order valence-corrected chi connectivity index (χ2v) is 7.55. The lowest BCUT2D eigenvalue weighted by atomic mass is 10.1. The van der Waals surface area contributed by atoms with E-state index >= 15 is 0 Å². The number of nitrogens with zero attached hydrogens (tertiary/aromatic N) is 5. The molecule has 154 valence electrons. The highest BCUT2D eigenvalue weighted by Crippen LogP contribution is 2.32. The highest BCUT2D eigenvalue weighted by Gasteiger charge is 2.20. The van der Waals surface area contributed by atoms with Crippen LogP contribution < -0.4 is 4.90 Å². The van der Waals surface area contributed by atoms with E-state index in [0.717, 1.165) is 52.1 Å². The van der Waals surface area contributed by atoms with Crippen molar-refractivity contribution >= 4 is 28.0 Å². The largest absolute Gasteiger partial charge is 0.508 e. The van der Waals surface area contributed by atoms with E-state index in [0.29, 0.717) is 19.2 Å². The number of anilines is 1. The number of nitrogens with one attached hydrogen (secondary N) is 1. The fourth-order valence-corrected chi connectivity index (χ4v) is 4.06. The van der Waals surface area contributed by atoms with Crippen LogP contribution in [0.3, 0.4) is 0 Å². The van der Waals surface area contributed by atoms with Gasteiger partial charge in [-0.15, -0.1) is 0 Å². The highest BCUT2D eigenvalue weighted by molar-refractivity contribution is 5.93. The smallest absolute Gasteiger partial charge is 0.228 e. The summed E-state index contributed by atoms with van der Waals surface area (Å²) in [7, 11) is 0. The summed E-state index contributed by atoms with van der Waals surface area (Å²) in [5, 5.41) is 11.0. The number of rotatable bonds is 3. The molecule has 31 heavy (non-hydrogen) atoms. The summed E-state index contributed by atoms with van der Waals surface area (Å²) in [6.07, 6.45) is 3.70. The molecule has 8 nitrogen and oxygen atoms in total. The maximum Gasteiger partial charge on any atom is 0.228 e. The molecule has 0 amide bonds. The third-order valence-electron chi connectivity index (χ3n) is 5.63. The number of morpholine rings is 1. The zero-order valence-corrected chi connectivity index (χ0v) is 16.7. The first kappa shape index (κ1) is 17.9. The van der Waals surface area contributed by atoms with Gasteiger partial charge in [-0.2, -0.15) is 4.98 Å². The Hall–Kier alpha value is -3.91. The van der Waals surface area contributed by atoms with E-state index in [2.05, 4.69) is 25.5 Å². The van der Waals surface area contributed by atoms with Gasteiger partial charge in [0.05, 0.1) is 36.3 Å². The van der Waals surface area contributed by atoms with Crippen molar-refractivity contribution in [1.82, 2.24) is 24.5 Å². The Morgan fingerprint density at radius 3 is 2.77 bits per heavy atom. The number of phenolic OH excluding ortho intramolecular Hbond substituents is 1. The maximum atomic E-state index is 10.0. The van der Waals surface area contributed by atoms with Gasteiger partial charge in [-0.25, -0.2) is 9.97 Å². The van der Waals surface area contributed by atoms with Crippen molar-refractivity contribution in [3.05, 3.63) is 61.1 Å². The van der Waals surface area contributed by atoms with Crippen molar-refractivity contribution in [2.24, 2.45) is 0 Å². The number of imidazole rings is 1. The second kappa shape index (κ2) is 7.10. The van der Waals surface area contributed by atoms with Crippen LogP contribution in [0.5, 0.6) is 5.75 Å². The molecule has 1 fully saturated rings. The van der Waals surface area contributed by atoms with E-state index in [1.165, 1.54) is 0 Å². The number of hydrogen-bond acceptors (Lipinski definition) is 6. The molecule has 1 saturated heterocycles. The van der Waals surface area contributed by atoms with Crippen LogP contribution in [0.1, 0.15) is 0 Å². The minimum Gasteiger partial charge on any atom is -0.508 e. The van der Waals surface area contributed by atoms with Crippen LogP contribution in [0.25, 0.3) is 39.0 Å². The Labute approximate surface area is 177 Å². The quantitative estimate of drug-likeness (QED) is 0.471. The summed E-state index contributed by atoms with van der Waals surface area (Å²) >= 11 is 0. The molecule has 0 saturated carbocycles. The second-order valence-electron chi connectivity index (χ2n) is 7.55. The number of phenols is 1. The highest BCUT2D eigenvalue weighted by atomic mass is 16.5. The summed E-state index contributed by atoms with van der Waals surface area (Å²) in [5.74, 6) is 0.873. The SMILES string of the molecule is Oc1cccc(-c2nc(N3CCOCC3)nc3c2ccn3-c2ccc3nc[nH]c3c2)c1. The van der Waals surface area contributed by atoms with Gasteiger partial charge in [-0.3, -0.25) is 0 Å². The molecule has 0 radical (unpaired) electrons. The van der Waals surface area contributed by atoms with E-state index in [9.17, 15) is 5.11 Å². The van der Waals surface area contributed by atoms with Crippen molar-refractivity contribution in [2.75, 3.05) is 31.2 Å². The predicted molar refractivity (Wildman–Crippen MR) is 119 cm³/mol. The number of aromatic nitrogens is 5. The summed E-state index contributed by atoms with van der Waals surface area (Å²) < 4.78 is 7.57. The first-order valence-corrected chi connectivity index (χ1v) is 10.2. The number of fused-ring (bicyclic) bond motifs is 2. The monoisotopic (exact) mass is 412 g/mol. The van der Waals surface area contributed by atoms with E-state index < -0.39 is 0 Å². The van der Waals surface area contributed by atoms with E-state index in [1.54, 1.807) is 18.5 Å². The average Bonchev–Trinajstić information content (AvgIpc) is 3.45. The van der Waals surface area contributed by atoms with Crippen molar-refractivity contribution < 1.29 is 9.84 Å². The molecule has 6 rings (SSSR count). The number of hydrogen-bond donors (Lipinski definition) is 2. The number of benzene rings is 2. The molecular weight excluding hydrogens is 392 g/mol. The summed E-state index contributed by atoms with van der Waals surface area (Å²) in [6.45, 7) is 2.79. The number of ether oxygens (including phenoxy) is 1. The molecule has 2 aromatic carbocycles. The van der Waals surface area contributed by atoms with Gasteiger partial charge in [-0.05, 0) is 36.4 Å². The maximum absolute atomic E-state index is 10.0. The van der Waals surface area contributed by atoms with Crippen LogP contribution in [-0.2, 0) is 4.74 Å². The minimum absolute atomic E-state index is 0.210. The average molecular weight is 412 g/mol.